The summed E-state index contributed by atoms with van der Waals surface area (Å²) >= 11 is 0. The number of carbonyl (C=O) groups is 1. The van der Waals surface area contributed by atoms with E-state index in [0.29, 0.717) is 6.54 Å². The predicted molar refractivity (Wildman–Crippen MR) is 53.2 cm³/mol. The maximum absolute atomic E-state index is 11.3. The van der Waals surface area contributed by atoms with Crippen LogP contribution in [0.2, 0.25) is 0 Å². The zero-order chi connectivity index (χ0) is 11.9. The Labute approximate surface area is 88.9 Å². The van der Waals surface area contributed by atoms with E-state index in [0.717, 1.165) is 0 Å². The van der Waals surface area contributed by atoms with Crippen molar-refractivity contribution in [1.29, 1.82) is 5.26 Å². The van der Waals surface area contributed by atoms with Crippen LogP contribution in [0.4, 0.5) is 0 Å². The summed E-state index contributed by atoms with van der Waals surface area (Å²) in [5, 5.41) is 26.7. The number of nitriles is 1. The molecule has 1 atom stereocenters. The molecule has 0 aliphatic carbocycles. The molecule has 15 heavy (non-hydrogen) atoms. The van der Waals surface area contributed by atoms with Gasteiger partial charge >= 0.3 is 0 Å². The SMILES string of the molecule is CC(C)(CO)C(O)C(=O)NNCCC#N. The van der Waals surface area contributed by atoms with Gasteiger partial charge in [-0.25, -0.2) is 5.43 Å². The van der Waals surface area contributed by atoms with Crippen molar-refractivity contribution in [3.05, 3.63) is 0 Å². The quantitative estimate of drug-likeness (QED) is 0.332. The molecular formula is C9H17N3O3. The largest absolute Gasteiger partial charge is 0.396 e. The maximum Gasteiger partial charge on any atom is 0.263 e. The highest BCUT2D eigenvalue weighted by atomic mass is 16.3. The molecule has 6 nitrogen and oxygen atoms in total. The minimum atomic E-state index is -1.29. The van der Waals surface area contributed by atoms with Gasteiger partial charge < -0.3 is 10.2 Å². The highest BCUT2D eigenvalue weighted by molar-refractivity contribution is 5.80. The van der Waals surface area contributed by atoms with Crippen LogP contribution in [-0.4, -0.2) is 35.4 Å². The van der Waals surface area contributed by atoms with E-state index in [4.69, 9.17) is 10.4 Å². The number of aliphatic hydroxyl groups excluding tert-OH is 2. The molecular weight excluding hydrogens is 198 g/mol. The summed E-state index contributed by atoms with van der Waals surface area (Å²) < 4.78 is 0. The Bertz CT molecular complexity index is 247. The molecule has 0 saturated heterocycles. The van der Waals surface area contributed by atoms with E-state index in [1.807, 2.05) is 6.07 Å². The molecule has 6 heteroatoms. The van der Waals surface area contributed by atoms with Crippen molar-refractivity contribution in [1.82, 2.24) is 10.9 Å². The van der Waals surface area contributed by atoms with Crippen molar-refractivity contribution in [3.8, 4) is 6.07 Å². The van der Waals surface area contributed by atoms with Gasteiger partial charge in [-0.3, -0.25) is 10.2 Å². The number of hydrazine groups is 1. The first-order valence-electron chi connectivity index (χ1n) is 4.64. The van der Waals surface area contributed by atoms with E-state index in [9.17, 15) is 9.90 Å². The summed E-state index contributed by atoms with van der Waals surface area (Å²) in [6.45, 7) is 3.17. The Morgan fingerprint density at radius 1 is 1.60 bits per heavy atom. The third-order valence-corrected chi connectivity index (χ3v) is 1.97. The molecule has 1 amide bonds. The number of aliphatic hydroxyl groups is 2. The van der Waals surface area contributed by atoms with Crippen LogP contribution in [0.5, 0.6) is 0 Å². The normalized spacial score (nSPS) is 13.0. The minimum Gasteiger partial charge on any atom is -0.396 e. The van der Waals surface area contributed by atoms with Gasteiger partial charge in [0.15, 0.2) is 0 Å². The van der Waals surface area contributed by atoms with Crippen LogP contribution in [0.15, 0.2) is 0 Å². The summed E-state index contributed by atoms with van der Waals surface area (Å²) in [6.07, 6.45) is -1.03. The molecule has 0 saturated carbocycles. The first-order valence-corrected chi connectivity index (χ1v) is 4.64. The lowest BCUT2D eigenvalue weighted by Crippen LogP contribution is -2.50. The van der Waals surface area contributed by atoms with Gasteiger partial charge in [0.2, 0.25) is 0 Å². The zero-order valence-corrected chi connectivity index (χ0v) is 8.95. The molecule has 86 valence electrons. The third-order valence-electron chi connectivity index (χ3n) is 1.97. The van der Waals surface area contributed by atoms with Crippen molar-refractivity contribution in [3.63, 3.8) is 0 Å². The van der Waals surface area contributed by atoms with Crippen molar-refractivity contribution in [2.75, 3.05) is 13.2 Å². The van der Waals surface area contributed by atoms with Gasteiger partial charge in [0.1, 0.15) is 6.10 Å². The van der Waals surface area contributed by atoms with Crippen LogP contribution in [0, 0.1) is 16.7 Å². The van der Waals surface area contributed by atoms with Crippen LogP contribution in [0.3, 0.4) is 0 Å². The third kappa shape index (κ3) is 4.74. The number of nitrogens with zero attached hydrogens (tertiary/aromatic N) is 1. The lowest BCUT2D eigenvalue weighted by atomic mass is 9.87. The number of amides is 1. The van der Waals surface area contributed by atoms with Gasteiger partial charge in [0, 0.05) is 18.4 Å². The van der Waals surface area contributed by atoms with Crippen molar-refractivity contribution < 1.29 is 15.0 Å². The van der Waals surface area contributed by atoms with Gasteiger partial charge in [0.05, 0.1) is 12.7 Å². The minimum absolute atomic E-state index is 0.264. The Kier molecular flexibility index (Phi) is 5.86. The van der Waals surface area contributed by atoms with E-state index in [1.165, 1.54) is 0 Å². The van der Waals surface area contributed by atoms with Crippen LogP contribution < -0.4 is 10.9 Å². The number of carbonyl (C=O) groups excluding carboxylic acids is 1. The first kappa shape index (κ1) is 13.8. The molecule has 0 aromatic heterocycles. The van der Waals surface area contributed by atoms with Gasteiger partial charge in [0.25, 0.3) is 5.91 Å². The molecule has 0 spiro atoms. The Hall–Kier alpha value is -1.16. The lowest BCUT2D eigenvalue weighted by molar-refractivity contribution is -0.138. The molecule has 0 aliphatic heterocycles. The smallest absolute Gasteiger partial charge is 0.263 e. The molecule has 0 heterocycles. The number of nitrogens with one attached hydrogen (secondary N) is 2. The van der Waals surface area contributed by atoms with E-state index in [-0.39, 0.29) is 13.0 Å². The molecule has 0 rings (SSSR count). The number of rotatable bonds is 6. The fourth-order valence-electron chi connectivity index (χ4n) is 0.778. The van der Waals surface area contributed by atoms with Gasteiger partial charge in [-0.1, -0.05) is 13.8 Å². The Balaban J connectivity index is 3.95. The van der Waals surface area contributed by atoms with Crippen molar-refractivity contribution in [2.24, 2.45) is 5.41 Å². The highest BCUT2D eigenvalue weighted by Crippen LogP contribution is 2.19. The monoisotopic (exact) mass is 215 g/mol. The van der Waals surface area contributed by atoms with Crippen LogP contribution in [0.1, 0.15) is 20.3 Å². The molecule has 1 unspecified atom stereocenters. The van der Waals surface area contributed by atoms with Crippen molar-refractivity contribution in [2.45, 2.75) is 26.4 Å². The maximum atomic E-state index is 11.3. The van der Waals surface area contributed by atoms with Crippen LogP contribution in [0.25, 0.3) is 0 Å². The fourth-order valence-corrected chi connectivity index (χ4v) is 0.778. The first-order chi connectivity index (χ1) is 6.95. The molecule has 0 aromatic carbocycles. The number of hydrogen-bond acceptors (Lipinski definition) is 5. The summed E-state index contributed by atoms with van der Waals surface area (Å²) in [5.41, 5.74) is 3.87. The molecule has 0 fully saturated rings. The van der Waals surface area contributed by atoms with Gasteiger partial charge in [-0.2, -0.15) is 5.26 Å². The average Bonchev–Trinajstić information content (AvgIpc) is 2.23. The molecule has 0 radical (unpaired) electrons. The second kappa shape index (κ2) is 6.35. The van der Waals surface area contributed by atoms with Crippen LogP contribution in [-0.2, 0) is 4.79 Å². The van der Waals surface area contributed by atoms with Gasteiger partial charge in [-0.15, -0.1) is 0 Å². The standard InChI is InChI=1S/C9H17N3O3/c1-9(2,6-13)7(14)8(15)12-11-5-3-4-10/h7,11,13-14H,3,5-6H2,1-2H3,(H,12,15). The van der Waals surface area contributed by atoms with E-state index < -0.39 is 17.4 Å². The van der Waals surface area contributed by atoms with E-state index >= 15 is 0 Å². The molecule has 0 bridgehead atoms. The number of hydrogen-bond donors (Lipinski definition) is 4. The Morgan fingerprint density at radius 3 is 2.67 bits per heavy atom. The Morgan fingerprint density at radius 2 is 2.20 bits per heavy atom. The van der Waals surface area contributed by atoms with E-state index in [1.54, 1.807) is 13.8 Å². The second-order valence-corrected chi connectivity index (χ2v) is 3.87. The topological polar surface area (TPSA) is 105 Å². The average molecular weight is 215 g/mol. The van der Waals surface area contributed by atoms with Crippen molar-refractivity contribution >= 4 is 5.91 Å². The molecule has 4 N–H and O–H groups in total. The predicted octanol–water partition coefficient (Wildman–Crippen LogP) is -1.10. The lowest BCUT2D eigenvalue weighted by Gasteiger charge is -2.27. The summed E-state index contributed by atoms with van der Waals surface area (Å²) in [4.78, 5) is 11.3. The second-order valence-electron chi connectivity index (χ2n) is 3.87. The fraction of sp³-hybridized carbons (Fsp3) is 0.778. The molecule has 0 aliphatic rings. The highest BCUT2D eigenvalue weighted by Gasteiger charge is 2.32. The summed E-state index contributed by atoms with van der Waals surface area (Å²) in [5.74, 6) is -0.619. The molecule has 0 aromatic rings. The van der Waals surface area contributed by atoms with Crippen LogP contribution >= 0.6 is 0 Å². The van der Waals surface area contributed by atoms with Gasteiger partial charge in [-0.05, 0) is 0 Å². The zero-order valence-electron chi connectivity index (χ0n) is 8.95. The van der Waals surface area contributed by atoms with E-state index in [2.05, 4.69) is 10.9 Å². The summed E-state index contributed by atoms with van der Waals surface area (Å²) in [7, 11) is 0. The summed E-state index contributed by atoms with van der Waals surface area (Å²) in [6, 6.07) is 1.90.